The maximum Gasteiger partial charge on any atom is 0.336 e. The fourth-order valence-electron chi connectivity index (χ4n) is 10.3. The molecule has 0 saturated heterocycles. The summed E-state index contributed by atoms with van der Waals surface area (Å²) in [4.78, 5) is 12.2. The number of carbonyl (C=O) groups is 1. The molecule has 4 rings (SSSR count). The third-order valence-corrected chi connectivity index (χ3v) is 12.6. The number of ether oxygens (including phenoxy) is 1. The largest absolute Gasteiger partial charge is 0.459 e. The summed E-state index contributed by atoms with van der Waals surface area (Å²) in [5.41, 5.74) is 1.12. The van der Waals surface area contributed by atoms with Gasteiger partial charge in [0.05, 0.1) is 12.2 Å². The summed E-state index contributed by atoms with van der Waals surface area (Å²) in [6.45, 7) is 18.4. The zero-order chi connectivity index (χ0) is 26.3. The van der Waals surface area contributed by atoms with Gasteiger partial charge in [0.15, 0.2) is 0 Å². The van der Waals surface area contributed by atoms with Gasteiger partial charge in [0, 0.05) is 0 Å². The van der Waals surface area contributed by atoms with E-state index in [0.29, 0.717) is 16.7 Å². The van der Waals surface area contributed by atoms with E-state index in [9.17, 15) is 9.90 Å². The van der Waals surface area contributed by atoms with Gasteiger partial charge in [-0.3, -0.25) is 0 Å². The molecule has 36 heavy (non-hydrogen) atoms. The van der Waals surface area contributed by atoms with Crippen molar-refractivity contribution in [3.8, 4) is 0 Å². The maximum atomic E-state index is 12.2. The van der Waals surface area contributed by atoms with Gasteiger partial charge < -0.3 is 9.84 Å². The van der Waals surface area contributed by atoms with Gasteiger partial charge >= 0.3 is 5.97 Å². The summed E-state index contributed by atoms with van der Waals surface area (Å²) < 4.78 is 5.76. The summed E-state index contributed by atoms with van der Waals surface area (Å²) in [5, 5.41) is 9.23. The minimum absolute atomic E-state index is 0.00113. The highest BCUT2D eigenvalue weighted by atomic mass is 16.5. The van der Waals surface area contributed by atoms with Crippen LogP contribution in [-0.2, 0) is 9.53 Å². The molecule has 4 fully saturated rings. The van der Waals surface area contributed by atoms with Crippen molar-refractivity contribution in [3.63, 3.8) is 0 Å². The smallest absolute Gasteiger partial charge is 0.336 e. The van der Waals surface area contributed by atoms with E-state index in [1.54, 1.807) is 0 Å². The molecule has 206 valence electrons. The molecule has 4 aliphatic carbocycles. The van der Waals surface area contributed by atoms with E-state index in [4.69, 9.17) is 4.74 Å². The third-order valence-electron chi connectivity index (χ3n) is 12.6. The molecular formula is C33H56O3. The topological polar surface area (TPSA) is 46.5 Å². The Labute approximate surface area is 222 Å². The maximum absolute atomic E-state index is 12.2. The van der Waals surface area contributed by atoms with Crippen molar-refractivity contribution in [3.05, 3.63) is 12.2 Å². The number of rotatable bonds is 9. The number of hydrogen-bond donors (Lipinski definition) is 1. The van der Waals surface area contributed by atoms with E-state index in [0.717, 1.165) is 54.3 Å². The summed E-state index contributed by atoms with van der Waals surface area (Å²) in [7, 11) is 0. The quantitative estimate of drug-likeness (QED) is 0.256. The minimum Gasteiger partial charge on any atom is -0.459 e. The first-order valence-electron chi connectivity index (χ1n) is 15.5. The van der Waals surface area contributed by atoms with Crippen LogP contribution in [0.1, 0.15) is 119 Å². The first-order chi connectivity index (χ1) is 17.0. The molecule has 0 spiro atoms. The molecule has 0 radical (unpaired) electrons. The Balaban J connectivity index is 1.40. The second kappa shape index (κ2) is 11.1. The highest BCUT2D eigenvalue weighted by Gasteiger charge is 2.60. The van der Waals surface area contributed by atoms with E-state index >= 15 is 0 Å². The Morgan fingerprint density at radius 3 is 2.33 bits per heavy atom. The first-order valence-corrected chi connectivity index (χ1v) is 15.5. The third kappa shape index (κ3) is 5.08. The average Bonchev–Trinajstić information content (AvgIpc) is 3.21. The van der Waals surface area contributed by atoms with Crippen LogP contribution >= 0.6 is 0 Å². The molecule has 0 amide bonds. The number of fused-ring (bicyclic) bond motifs is 5. The van der Waals surface area contributed by atoms with Crippen LogP contribution in [0.2, 0.25) is 0 Å². The molecule has 10 atom stereocenters. The molecule has 0 unspecified atom stereocenters. The Morgan fingerprint density at radius 2 is 1.67 bits per heavy atom. The Morgan fingerprint density at radius 1 is 0.972 bits per heavy atom. The summed E-state index contributed by atoms with van der Waals surface area (Å²) in [6, 6.07) is 0. The normalized spacial score (nSPS) is 41.7. The molecule has 3 nitrogen and oxygen atoms in total. The Hall–Kier alpha value is -0.830. The SMILES string of the molecule is C=C(CO)C(=O)O[C@H]1CC[C@@]2(C)[C@@H](CC[C@@H]3[C@@H]2CC[C@]2(C)[C@@H]([C@H](C)CC[C@@H](CC)C(C)C)CC[C@@H]32)C1. The van der Waals surface area contributed by atoms with E-state index in [2.05, 4.69) is 48.1 Å². The number of carbonyl (C=O) groups excluding carboxylic acids is 1. The molecule has 4 aliphatic rings. The molecule has 0 heterocycles. The van der Waals surface area contributed by atoms with Gasteiger partial charge in [-0.15, -0.1) is 0 Å². The van der Waals surface area contributed by atoms with Gasteiger partial charge in [0.1, 0.15) is 6.10 Å². The highest BCUT2D eigenvalue weighted by molar-refractivity contribution is 5.88. The van der Waals surface area contributed by atoms with Crippen molar-refractivity contribution >= 4 is 5.97 Å². The van der Waals surface area contributed by atoms with Crippen LogP contribution in [-0.4, -0.2) is 23.8 Å². The van der Waals surface area contributed by atoms with Crippen LogP contribution in [0, 0.1) is 58.2 Å². The van der Waals surface area contributed by atoms with Crippen LogP contribution in [0.25, 0.3) is 0 Å². The van der Waals surface area contributed by atoms with Gasteiger partial charge in [0.25, 0.3) is 0 Å². The van der Waals surface area contributed by atoms with Gasteiger partial charge in [-0.2, -0.15) is 0 Å². The summed E-state index contributed by atoms with van der Waals surface area (Å²) in [5.74, 6) is 6.38. The lowest BCUT2D eigenvalue weighted by molar-refractivity contribution is -0.159. The van der Waals surface area contributed by atoms with Crippen LogP contribution in [0.15, 0.2) is 12.2 Å². The van der Waals surface area contributed by atoms with Crippen molar-refractivity contribution < 1.29 is 14.6 Å². The molecule has 4 saturated carbocycles. The molecule has 0 aromatic rings. The van der Waals surface area contributed by atoms with E-state index < -0.39 is 5.97 Å². The summed E-state index contributed by atoms with van der Waals surface area (Å²) >= 11 is 0. The van der Waals surface area contributed by atoms with E-state index in [1.807, 2.05) is 0 Å². The molecule has 3 heteroatoms. The fourth-order valence-corrected chi connectivity index (χ4v) is 10.3. The van der Waals surface area contributed by atoms with Gasteiger partial charge in [-0.05, 0) is 122 Å². The van der Waals surface area contributed by atoms with Crippen molar-refractivity contribution in [2.45, 2.75) is 125 Å². The molecule has 0 bridgehead atoms. The summed E-state index contributed by atoms with van der Waals surface area (Å²) in [6.07, 6.45) is 15.7. The van der Waals surface area contributed by atoms with Crippen LogP contribution < -0.4 is 0 Å². The number of aliphatic hydroxyl groups is 1. The zero-order valence-electron chi connectivity index (χ0n) is 24.4. The number of aliphatic hydroxyl groups excluding tert-OH is 1. The monoisotopic (exact) mass is 500 g/mol. The van der Waals surface area contributed by atoms with Crippen molar-refractivity contribution in [1.29, 1.82) is 0 Å². The van der Waals surface area contributed by atoms with Crippen LogP contribution in [0.5, 0.6) is 0 Å². The second-order valence-electron chi connectivity index (χ2n) is 14.4. The zero-order valence-corrected chi connectivity index (χ0v) is 24.4. The van der Waals surface area contributed by atoms with Gasteiger partial charge in [-0.1, -0.05) is 61.0 Å². The van der Waals surface area contributed by atoms with Crippen molar-refractivity contribution in [2.24, 2.45) is 58.2 Å². The molecule has 0 aromatic carbocycles. The predicted molar refractivity (Wildman–Crippen MR) is 148 cm³/mol. The lowest BCUT2D eigenvalue weighted by Gasteiger charge is -2.61. The second-order valence-corrected chi connectivity index (χ2v) is 14.4. The van der Waals surface area contributed by atoms with Gasteiger partial charge in [0.2, 0.25) is 0 Å². The van der Waals surface area contributed by atoms with Crippen molar-refractivity contribution in [1.82, 2.24) is 0 Å². The predicted octanol–water partition coefficient (Wildman–Crippen LogP) is 8.20. The fraction of sp³-hybridized carbons (Fsp3) is 0.909. The van der Waals surface area contributed by atoms with Crippen LogP contribution in [0.3, 0.4) is 0 Å². The first kappa shape index (κ1) is 28.2. The van der Waals surface area contributed by atoms with Gasteiger partial charge in [-0.25, -0.2) is 4.79 Å². The van der Waals surface area contributed by atoms with E-state index in [1.165, 1.54) is 64.2 Å². The molecule has 0 aliphatic heterocycles. The Kier molecular flexibility index (Phi) is 8.70. The minimum atomic E-state index is -0.405. The lowest BCUT2D eigenvalue weighted by atomic mass is 9.44. The van der Waals surface area contributed by atoms with E-state index in [-0.39, 0.29) is 18.3 Å². The Bertz CT molecular complexity index is 788. The van der Waals surface area contributed by atoms with Crippen molar-refractivity contribution in [2.75, 3.05) is 6.61 Å². The molecule has 0 aromatic heterocycles. The van der Waals surface area contributed by atoms with Crippen LogP contribution in [0.4, 0.5) is 0 Å². The lowest BCUT2D eigenvalue weighted by Crippen LogP contribution is -2.54. The number of hydrogen-bond acceptors (Lipinski definition) is 3. The molecule has 1 N–H and O–H groups in total. The highest BCUT2D eigenvalue weighted by Crippen LogP contribution is 2.68. The molecular weight excluding hydrogens is 444 g/mol. The number of esters is 1. The standard InChI is InChI=1S/C33H56O3/c1-8-24(21(2)3)10-9-22(4)28-13-14-29-27-12-11-25-19-26(36-31(35)23(5)20-34)15-17-32(25,6)30(27)16-18-33(28,29)7/h21-22,24-30,34H,5,8-20H2,1-4,6-7H3/t22-,24-,25+,26+,27+,28-,29+,30+,32+,33-/m1/s1. The average molecular weight is 501 g/mol.